The van der Waals surface area contributed by atoms with Crippen molar-refractivity contribution in [2.75, 3.05) is 10.5 Å². The highest BCUT2D eigenvalue weighted by molar-refractivity contribution is 7.92. The molecule has 0 fully saturated rings. The van der Waals surface area contributed by atoms with E-state index in [0.717, 1.165) is 12.8 Å². The van der Waals surface area contributed by atoms with Gasteiger partial charge in [0.2, 0.25) is 15.2 Å². The Kier molecular flexibility index (Phi) is 4.27. The van der Waals surface area contributed by atoms with Crippen LogP contribution in [0.1, 0.15) is 26.2 Å². The van der Waals surface area contributed by atoms with Crippen LogP contribution in [0.2, 0.25) is 0 Å². The second-order valence-electron chi connectivity index (χ2n) is 2.87. The van der Waals surface area contributed by atoms with Gasteiger partial charge in [-0.2, -0.15) is 0 Å². The molecule has 80 valence electrons. The summed E-state index contributed by atoms with van der Waals surface area (Å²) in [4.78, 5) is 0. The van der Waals surface area contributed by atoms with Crippen LogP contribution >= 0.6 is 11.3 Å². The molecule has 0 saturated carbocycles. The van der Waals surface area contributed by atoms with E-state index in [1.807, 2.05) is 6.92 Å². The first kappa shape index (κ1) is 11.4. The van der Waals surface area contributed by atoms with Crippen molar-refractivity contribution in [1.29, 1.82) is 0 Å². The quantitative estimate of drug-likeness (QED) is 0.758. The third kappa shape index (κ3) is 4.01. The Morgan fingerprint density at radius 1 is 1.50 bits per heavy atom. The lowest BCUT2D eigenvalue weighted by molar-refractivity contribution is 0.596. The molecule has 1 N–H and O–H groups in total. The van der Waals surface area contributed by atoms with Gasteiger partial charge in [-0.1, -0.05) is 31.1 Å². The number of sulfonamides is 1. The van der Waals surface area contributed by atoms with E-state index in [-0.39, 0.29) is 5.75 Å². The van der Waals surface area contributed by atoms with Gasteiger partial charge in [0.05, 0.1) is 5.75 Å². The van der Waals surface area contributed by atoms with Crippen molar-refractivity contribution in [2.24, 2.45) is 0 Å². The molecule has 0 aromatic carbocycles. The van der Waals surface area contributed by atoms with Crippen LogP contribution in [0.15, 0.2) is 5.51 Å². The lowest BCUT2D eigenvalue weighted by Gasteiger charge is -2.03. The second kappa shape index (κ2) is 5.26. The van der Waals surface area contributed by atoms with Gasteiger partial charge in [-0.05, 0) is 6.42 Å². The first-order valence-electron chi connectivity index (χ1n) is 4.40. The molecule has 1 aromatic rings. The summed E-state index contributed by atoms with van der Waals surface area (Å²) in [6.45, 7) is 2.03. The molecule has 1 rings (SSSR count). The van der Waals surface area contributed by atoms with Gasteiger partial charge in [0.1, 0.15) is 5.51 Å². The van der Waals surface area contributed by atoms with Crippen molar-refractivity contribution in [1.82, 2.24) is 10.2 Å². The van der Waals surface area contributed by atoms with Gasteiger partial charge in [-0.25, -0.2) is 8.42 Å². The van der Waals surface area contributed by atoms with E-state index >= 15 is 0 Å². The average Bonchev–Trinajstić information content (AvgIpc) is 2.56. The van der Waals surface area contributed by atoms with Gasteiger partial charge in [0.15, 0.2) is 0 Å². The zero-order chi connectivity index (χ0) is 10.4. The largest absolute Gasteiger partial charge is 0.257 e. The molecule has 14 heavy (non-hydrogen) atoms. The lowest BCUT2D eigenvalue weighted by atomic mass is 10.3. The van der Waals surface area contributed by atoms with Gasteiger partial charge in [-0.3, -0.25) is 4.72 Å². The summed E-state index contributed by atoms with van der Waals surface area (Å²) in [6.07, 6.45) is 2.62. The van der Waals surface area contributed by atoms with Crippen molar-refractivity contribution in [3.8, 4) is 0 Å². The number of nitrogens with one attached hydrogen (secondary N) is 1. The molecule has 0 unspecified atom stereocenters. The maximum Gasteiger partial charge on any atom is 0.234 e. The van der Waals surface area contributed by atoms with E-state index in [2.05, 4.69) is 14.9 Å². The number of aromatic nitrogens is 2. The molecule has 0 atom stereocenters. The lowest BCUT2D eigenvalue weighted by Crippen LogP contribution is -2.16. The molecular formula is C7H13N3O2S2. The Morgan fingerprint density at radius 2 is 2.29 bits per heavy atom. The molecule has 7 heteroatoms. The summed E-state index contributed by atoms with van der Waals surface area (Å²) in [7, 11) is -3.22. The molecule has 0 spiro atoms. The number of rotatable bonds is 6. The minimum absolute atomic E-state index is 0.153. The predicted molar refractivity (Wildman–Crippen MR) is 56.8 cm³/mol. The molecule has 5 nitrogen and oxygen atoms in total. The van der Waals surface area contributed by atoms with Gasteiger partial charge in [-0.15, -0.1) is 10.2 Å². The summed E-state index contributed by atoms with van der Waals surface area (Å²) in [5, 5.41) is 7.49. The molecular weight excluding hydrogens is 222 g/mol. The fourth-order valence-electron chi connectivity index (χ4n) is 0.944. The van der Waals surface area contributed by atoms with Crippen molar-refractivity contribution in [3.63, 3.8) is 0 Å². The number of unbranched alkanes of at least 4 members (excludes halogenated alkanes) is 2. The van der Waals surface area contributed by atoms with Crippen LogP contribution in [0.5, 0.6) is 0 Å². The van der Waals surface area contributed by atoms with Crippen LogP contribution in [0.3, 0.4) is 0 Å². The van der Waals surface area contributed by atoms with Gasteiger partial charge >= 0.3 is 0 Å². The molecule has 0 aliphatic carbocycles. The summed E-state index contributed by atoms with van der Waals surface area (Å²) < 4.78 is 25.2. The van der Waals surface area contributed by atoms with Gasteiger partial charge < -0.3 is 0 Å². The predicted octanol–water partition coefficient (Wildman–Crippen LogP) is 1.47. The van der Waals surface area contributed by atoms with Crippen LogP contribution in [0.4, 0.5) is 5.13 Å². The highest BCUT2D eigenvalue weighted by Gasteiger charge is 2.11. The van der Waals surface area contributed by atoms with Crippen LogP contribution in [0, 0.1) is 0 Å². The van der Waals surface area contributed by atoms with Crippen molar-refractivity contribution in [2.45, 2.75) is 26.2 Å². The Hall–Kier alpha value is -0.690. The molecule has 0 aliphatic heterocycles. The summed E-state index contributed by atoms with van der Waals surface area (Å²) >= 11 is 1.18. The third-order valence-electron chi connectivity index (χ3n) is 1.62. The highest BCUT2D eigenvalue weighted by atomic mass is 32.2. The van der Waals surface area contributed by atoms with E-state index in [1.165, 1.54) is 16.8 Å². The van der Waals surface area contributed by atoms with Crippen LogP contribution in [0.25, 0.3) is 0 Å². The summed E-state index contributed by atoms with van der Waals surface area (Å²) in [6, 6.07) is 0. The molecule has 1 heterocycles. The Balaban J connectivity index is 2.42. The minimum Gasteiger partial charge on any atom is -0.257 e. The topological polar surface area (TPSA) is 72.0 Å². The number of nitrogens with zero attached hydrogens (tertiary/aromatic N) is 2. The Morgan fingerprint density at radius 3 is 2.86 bits per heavy atom. The third-order valence-corrected chi connectivity index (χ3v) is 3.69. The van der Waals surface area contributed by atoms with Crippen LogP contribution < -0.4 is 4.72 Å². The normalized spacial score (nSPS) is 11.5. The Bertz CT molecular complexity index is 347. The number of hydrogen-bond acceptors (Lipinski definition) is 5. The maximum atomic E-state index is 11.4. The van der Waals surface area contributed by atoms with Crippen molar-refractivity contribution in [3.05, 3.63) is 5.51 Å². The van der Waals surface area contributed by atoms with Gasteiger partial charge in [0, 0.05) is 0 Å². The van der Waals surface area contributed by atoms with Crippen molar-refractivity contribution >= 4 is 26.5 Å². The standard InChI is InChI=1S/C7H13N3O2S2/c1-2-3-4-5-14(11,12)10-7-9-8-6-13-7/h6H,2-5H2,1H3,(H,9,10). The monoisotopic (exact) mass is 235 g/mol. The zero-order valence-corrected chi connectivity index (χ0v) is 9.57. The Labute approximate surface area is 87.6 Å². The molecule has 0 bridgehead atoms. The summed E-state index contributed by atoms with van der Waals surface area (Å²) in [5.41, 5.74) is 1.49. The van der Waals surface area contributed by atoms with Crippen molar-refractivity contribution < 1.29 is 8.42 Å². The minimum atomic E-state index is -3.22. The van der Waals surface area contributed by atoms with E-state index in [0.29, 0.717) is 11.6 Å². The molecule has 0 aliphatic rings. The average molecular weight is 235 g/mol. The van der Waals surface area contributed by atoms with E-state index < -0.39 is 10.0 Å². The number of anilines is 1. The molecule has 0 radical (unpaired) electrons. The van der Waals surface area contributed by atoms with E-state index in [1.54, 1.807) is 0 Å². The zero-order valence-electron chi connectivity index (χ0n) is 7.93. The maximum absolute atomic E-state index is 11.4. The second-order valence-corrected chi connectivity index (χ2v) is 5.55. The van der Waals surface area contributed by atoms with Crippen LogP contribution in [-0.4, -0.2) is 24.4 Å². The summed E-state index contributed by atoms with van der Waals surface area (Å²) in [5.74, 6) is 0.153. The van der Waals surface area contributed by atoms with Gasteiger partial charge in [0.25, 0.3) is 0 Å². The smallest absolute Gasteiger partial charge is 0.234 e. The van der Waals surface area contributed by atoms with Crippen LogP contribution in [-0.2, 0) is 10.0 Å². The molecule has 0 saturated heterocycles. The van der Waals surface area contributed by atoms with E-state index in [4.69, 9.17) is 0 Å². The molecule has 0 amide bonds. The first-order valence-corrected chi connectivity index (χ1v) is 6.94. The fourth-order valence-corrected chi connectivity index (χ4v) is 2.80. The van der Waals surface area contributed by atoms with E-state index in [9.17, 15) is 8.42 Å². The highest BCUT2D eigenvalue weighted by Crippen LogP contribution is 2.11. The first-order chi connectivity index (χ1) is 6.64. The number of hydrogen-bond donors (Lipinski definition) is 1. The fraction of sp³-hybridized carbons (Fsp3) is 0.714. The molecule has 1 aromatic heterocycles. The SMILES string of the molecule is CCCCCS(=O)(=O)Nc1nncs1.